The van der Waals surface area contributed by atoms with Crippen molar-refractivity contribution in [2.24, 2.45) is 0 Å². The first-order chi connectivity index (χ1) is 13.0. The molecule has 0 heterocycles. The number of nitrogens with two attached hydrogens (primary N) is 1. The largest absolute Gasteiger partial charge is 0.544 e. The van der Waals surface area contributed by atoms with E-state index in [1.807, 2.05) is 31.2 Å². The van der Waals surface area contributed by atoms with Crippen LogP contribution in [0.1, 0.15) is 12.0 Å². The summed E-state index contributed by atoms with van der Waals surface area (Å²) in [6.45, 7) is 3.08. The summed E-state index contributed by atoms with van der Waals surface area (Å²) in [6, 6.07) is 13.8. The predicted molar refractivity (Wildman–Crippen MR) is 101 cm³/mol. The van der Waals surface area contributed by atoms with Crippen LogP contribution in [-0.2, 0) is 9.59 Å². The minimum atomic E-state index is -1.25. The van der Waals surface area contributed by atoms with Crippen molar-refractivity contribution in [2.45, 2.75) is 19.4 Å². The Morgan fingerprint density at radius 3 is 2.52 bits per heavy atom. The van der Waals surface area contributed by atoms with Gasteiger partial charge in [0.15, 0.2) is 0 Å². The fraction of sp³-hybridized carbons (Fsp3) is 0.300. The van der Waals surface area contributed by atoms with Crippen LogP contribution in [0.15, 0.2) is 48.5 Å². The van der Waals surface area contributed by atoms with E-state index in [0.717, 1.165) is 11.3 Å². The van der Waals surface area contributed by atoms with Gasteiger partial charge in [-0.05, 0) is 48.9 Å². The zero-order valence-corrected chi connectivity index (χ0v) is 15.5. The standard InChI is InChI=1S/C20H25N3O4/c1-14-4-3-5-16(12-14)21-10-11-22-18(20(25)26)13-19(24)23-15-6-8-17(27-2)9-7-15/h3-9,12,18,21-22H,10-11,13H2,1-2H3,(H,23,24)(H,25,26)/t18-/m1/s1. The topological polar surface area (TPSA) is 107 Å². The van der Waals surface area contributed by atoms with Crippen molar-refractivity contribution >= 4 is 23.3 Å². The number of carboxylic acids is 1. The highest BCUT2D eigenvalue weighted by Gasteiger charge is 2.18. The number of carbonyl (C=O) groups excluding carboxylic acids is 2. The first kappa shape index (κ1) is 20.3. The van der Waals surface area contributed by atoms with Crippen molar-refractivity contribution in [2.75, 3.05) is 30.8 Å². The average molecular weight is 371 g/mol. The second kappa shape index (κ2) is 10.2. The van der Waals surface area contributed by atoms with Crippen molar-refractivity contribution < 1.29 is 24.7 Å². The maximum atomic E-state index is 12.1. The third kappa shape index (κ3) is 6.99. The number of hydrogen-bond donors (Lipinski definition) is 3. The third-order valence-corrected chi connectivity index (χ3v) is 4.02. The number of nitrogens with one attached hydrogen (secondary N) is 2. The van der Waals surface area contributed by atoms with E-state index in [0.29, 0.717) is 24.5 Å². The number of carboxylic acid groups (broad SMARTS) is 1. The molecule has 0 aromatic heterocycles. The summed E-state index contributed by atoms with van der Waals surface area (Å²) in [7, 11) is 1.56. The van der Waals surface area contributed by atoms with Crippen LogP contribution in [0.3, 0.4) is 0 Å². The highest BCUT2D eigenvalue weighted by molar-refractivity contribution is 5.93. The van der Waals surface area contributed by atoms with Gasteiger partial charge in [-0.25, -0.2) is 0 Å². The Kier molecular flexibility index (Phi) is 7.63. The molecule has 27 heavy (non-hydrogen) atoms. The molecule has 2 aromatic rings. The van der Waals surface area contributed by atoms with Gasteiger partial charge in [-0.2, -0.15) is 0 Å². The number of aliphatic carboxylic acids is 1. The number of anilines is 2. The summed E-state index contributed by atoms with van der Waals surface area (Å²) < 4.78 is 5.05. The summed E-state index contributed by atoms with van der Waals surface area (Å²) >= 11 is 0. The molecule has 7 heteroatoms. The Balaban J connectivity index is 1.78. The lowest BCUT2D eigenvalue weighted by Gasteiger charge is -2.17. The van der Waals surface area contributed by atoms with Crippen LogP contribution in [-0.4, -0.2) is 38.1 Å². The first-order valence-electron chi connectivity index (χ1n) is 8.76. The molecule has 0 aliphatic rings. The van der Waals surface area contributed by atoms with Gasteiger partial charge in [0, 0.05) is 11.4 Å². The van der Waals surface area contributed by atoms with Crippen molar-refractivity contribution in [3.8, 4) is 5.75 Å². The molecule has 0 saturated carbocycles. The highest BCUT2D eigenvalue weighted by Crippen LogP contribution is 2.15. The second-order valence-corrected chi connectivity index (χ2v) is 6.23. The minimum absolute atomic E-state index is 0.168. The lowest BCUT2D eigenvalue weighted by atomic mass is 10.2. The number of carbonyl (C=O) groups is 2. The van der Waals surface area contributed by atoms with Gasteiger partial charge in [-0.15, -0.1) is 0 Å². The number of rotatable bonds is 10. The molecule has 0 spiro atoms. The lowest BCUT2D eigenvalue weighted by Crippen LogP contribution is -2.94. The summed E-state index contributed by atoms with van der Waals surface area (Å²) in [5, 5.41) is 18.8. The SMILES string of the molecule is COc1ccc(NC(=O)C[C@@H]([NH2+]CCNc2cccc(C)c2)C(=O)[O-])cc1. The van der Waals surface area contributed by atoms with Gasteiger partial charge in [0.1, 0.15) is 11.8 Å². The normalized spacial score (nSPS) is 11.5. The number of ether oxygens (including phenoxy) is 1. The summed E-state index contributed by atoms with van der Waals surface area (Å²) in [5.74, 6) is -0.956. The van der Waals surface area contributed by atoms with E-state index >= 15 is 0 Å². The van der Waals surface area contributed by atoms with Crippen LogP contribution in [0.25, 0.3) is 0 Å². The summed E-state index contributed by atoms with van der Waals surface area (Å²) in [5.41, 5.74) is 2.71. The number of quaternary nitrogens is 1. The van der Waals surface area contributed by atoms with Crippen LogP contribution in [0.5, 0.6) is 5.75 Å². The Hall–Kier alpha value is -3.06. The molecule has 7 nitrogen and oxygen atoms in total. The molecule has 0 fully saturated rings. The molecule has 1 amide bonds. The second-order valence-electron chi connectivity index (χ2n) is 6.23. The van der Waals surface area contributed by atoms with Gasteiger partial charge in [-0.3, -0.25) is 4.79 Å². The number of amides is 1. The zero-order valence-electron chi connectivity index (χ0n) is 15.5. The molecule has 0 radical (unpaired) electrons. The van der Waals surface area contributed by atoms with Crippen LogP contribution in [0, 0.1) is 6.92 Å². The molecule has 1 atom stereocenters. The maximum absolute atomic E-state index is 12.1. The van der Waals surface area contributed by atoms with E-state index in [1.54, 1.807) is 36.7 Å². The number of methoxy groups -OCH3 is 1. The molecular weight excluding hydrogens is 346 g/mol. The van der Waals surface area contributed by atoms with Crippen molar-refractivity contribution in [1.29, 1.82) is 0 Å². The molecule has 2 aromatic carbocycles. The molecular formula is C20H25N3O4. The minimum Gasteiger partial charge on any atom is -0.544 e. The van der Waals surface area contributed by atoms with Crippen molar-refractivity contribution in [3.05, 3.63) is 54.1 Å². The Morgan fingerprint density at radius 2 is 1.89 bits per heavy atom. The lowest BCUT2D eigenvalue weighted by molar-refractivity contribution is -0.680. The molecule has 0 aliphatic heterocycles. The van der Waals surface area contributed by atoms with Crippen LogP contribution >= 0.6 is 0 Å². The van der Waals surface area contributed by atoms with E-state index in [9.17, 15) is 14.7 Å². The first-order valence-corrected chi connectivity index (χ1v) is 8.76. The maximum Gasteiger partial charge on any atom is 0.230 e. The van der Waals surface area contributed by atoms with E-state index in [-0.39, 0.29) is 12.3 Å². The van der Waals surface area contributed by atoms with Crippen molar-refractivity contribution in [1.82, 2.24) is 0 Å². The molecule has 0 bridgehead atoms. The van der Waals surface area contributed by atoms with Gasteiger partial charge in [0.2, 0.25) is 5.91 Å². The Labute approximate surface area is 158 Å². The molecule has 2 rings (SSSR count). The number of benzene rings is 2. The van der Waals surface area contributed by atoms with Gasteiger partial charge in [0.05, 0.1) is 32.6 Å². The quantitative estimate of drug-likeness (QED) is 0.515. The Morgan fingerprint density at radius 1 is 1.15 bits per heavy atom. The predicted octanol–water partition coefficient (Wildman–Crippen LogP) is 0.126. The van der Waals surface area contributed by atoms with E-state index in [2.05, 4.69) is 10.6 Å². The highest BCUT2D eigenvalue weighted by atomic mass is 16.5. The van der Waals surface area contributed by atoms with E-state index in [1.165, 1.54) is 0 Å². The van der Waals surface area contributed by atoms with Gasteiger partial charge < -0.3 is 30.6 Å². The summed E-state index contributed by atoms with van der Waals surface area (Å²) in [6.07, 6.45) is -0.168. The van der Waals surface area contributed by atoms with Crippen LogP contribution in [0.4, 0.5) is 11.4 Å². The fourth-order valence-electron chi connectivity index (χ4n) is 2.61. The third-order valence-electron chi connectivity index (χ3n) is 4.02. The zero-order chi connectivity index (χ0) is 19.6. The smallest absolute Gasteiger partial charge is 0.230 e. The molecule has 0 unspecified atom stereocenters. The van der Waals surface area contributed by atoms with Crippen molar-refractivity contribution in [3.63, 3.8) is 0 Å². The molecule has 144 valence electrons. The molecule has 0 saturated heterocycles. The molecule has 4 N–H and O–H groups in total. The van der Waals surface area contributed by atoms with E-state index in [4.69, 9.17) is 4.74 Å². The number of aryl methyl sites for hydroxylation is 1. The Bertz CT molecular complexity index is 762. The van der Waals surface area contributed by atoms with Gasteiger partial charge in [0.25, 0.3) is 0 Å². The summed E-state index contributed by atoms with van der Waals surface area (Å²) in [4.78, 5) is 23.4. The fourth-order valence-corrected chi connectivity index (χ4v) is 2.61. The van der Waals surface area contributed by atoms with Crippen LogP contribution in [0.2, 0.25) is 0 Å². The molecule has 0 aliphatic carbocycles. The number of hydrogen-bond acceptors (Lipinski definition) is 5. The van der Waals surface area contributed by atoms with Gasteiger partial charge in [-0.1, -0.05) is 12.1 Å². The van der Waals surface area contributed by atoms with Crippen LogP contribution < -0.4 is 25.8 Å². The van der Waals surface area contributed by atoms with E-state index < -0.39 is 12.0 Å². The monoisotopic (exact) mass is 371 g/mol. The average Bonchev–Trinajstić information content (AvgIpc) is 2.64. The van der Waals surface area contributed by atoms with Gasteiger partial charge >= 0.3 is 0 Å².